The van der Waals surface area contributed by atoms with Crippen LogP contribution in [0.4, 0.5) is 0 Å². The zero-order valence-electron chi connectivity index (χ0n) is 9.61. The maximum Gasteiger partial charge on any atom is 0.209 e. The van der Waals surface area contributed by atoms with Crippen LogP contribution < -0.4 is 0 Å². The van der Waals surface area contributed by atoms with Gasteiger partial charge in [-0.1, -0.05) is 35.1 Å². The molecule has 0 bridgehead atoms. The van der Waals surface area contributed by atoms with Gasteiger partial charge in [-0.25, -0.2) is 0 Å². The average molecular weight is 299 g/mol. The lowest BCUT2D eigenvalue weighted by atomic mass is 10.2. The van der Waals surface area contributed by atoms with Gasteiger partial charge in [0.05, 0.1) is 12.3 Å². The summed E-state index contributed by atoms with van der Waals surface area (Å²) in [6.45, 7) is 2.40. The van der Waals surface area contributed by atoms with Gasteiger partial charge in [0.25, 0.3) is 0 Å². The van der Waals surface area contributed by atoms with Crippen molar-refractivity contribution in [3.05, 3.63) is 43.7 Å². The Hall–Kier alpha value is -1.17. The van der Waals surface area contributed by atoms with E-state index in [0.717, 1.165) is 11.3 Å². The summed E-state index contributed by atoms with van der Waals surface area (Å²) in [6, 6.07) is 7.52. The largest absolute Gasteiger partial charge is 0.493 e. The molecule has 0 aliphatic heterocycles. The van der Waals surface area contributed by atoms with Crippen LogP contribution in [0.1, 0.15) is 17.4 Å². The second kappa shape index (κ2) is 5.65. The van der Waals surface area contributed by atoms with Crippen molar-refractivity contribution in [2.24, 2.45) is 4.99 Å². The Balaban J connectivity index is 2.16. The van der Waals surface area contributed by atoms with Gasteiger partial charge < -0.3 is 10.1 Å². The van der Waals surface area contributed by atoms with Gasteiger partial charge in [-0.3, -0.25) is 4.99 Å². The second-order valence-electron chi connectivity index (χ2n) is 3.72. The van der Waals surface area contributed by atoms with Gasteiger partial charge in [-0.05, 0) is 36.8 Å². The zero-order chi connectivity index (χ0) is 13.1. The fraction of sp³-hybridized carbons (Fsp3) is 0.167. The maximum absolute atomic E-state index is 9.63. The first-order chi connectivity index (χ1) is 8.56. The van der Waals surface area contributed by atoms with Crippen molar-refractivity contribution in [1.82, 2.24) is 4.98 Å². The molecule has 0 fully saturated rings. The van der Waals surface area contributed by atoms with Gasteiger partial charge in [-0.2, -0.15) is 0 Å². The summed E-state index contributed by atoms with van der Waals surface area (Å²) in [5.74, 6) is 0.0855. The molecule has 0 atom stereocenters. The van der Waals surface area contributed by atoms with Crippen molar-refractivity contribution < 1.29 is 5.11 Å². The Morgan fingerprint density at radius 3 is 2.67 bits per heavy atom. The number of rotatable bonds is 3. The summed E-state index contributed by atoms with van der Waals surface area (Å²) in [4.78, 5) is 7.80. The number of aromatic hydroxyl groups is 1. The molecule has 0 amide bonds. The predicted octanol–water partition coefficient (Wildman–Crippen LogP) is 4.17. The molecule has 0 saturated carbocycles. The molecule has 0 aliphatic carbocycles. The molecule has 2 N–H and O–H groups in total. The van der Waals surface area contributed by atoms with Crippen molar-refractivity contribution in [2.45, 2.75) is 13.5 Å². The number of nitrogens with one attached hydrogen (secondary N) is 1. The van der Waals surface area contributed by atoms with E-state index in [9.17, 15) is 5.11 Å². The van der Waals surface area contributed by atoms with Crippen molar-refractivity contribution in [3.63, 3.8) is 0 Å². The Kier molecular flexibility index (Phi) is 4.16. The monoisotopic (exact) mass is 298 g/mol. The number of aliphatic imine (C=N–C) groups is 1. The average Bonchev–Trinajstić information content (AvgIpc) is 2.67. The summed E-state index contributed by atoms with van der Waals surface area (Å²) in [5.41, 5.74) is 1.83. The quantitative estimate of drug-likeness (QED) is 0.660. The first-order valence-electron chi connectivity index (χ1n) is 5.24. The number of aromatic amines is 1. The van der Waals surface area contributed by atoms with Gasteiger partial charge in [-0.15, -0.1) is 0 Å². The molecule has 2 rings (SSSR count). The molecular weight excluding hydrogens is 288 g/mol. The number of benzene rings is 1. The van der Waals surface area contributed by atoms with E-state index in [4.69, 9.17) is 23.8 Å². The zero-order valence-corrected chi connectivity index (χ0v) is 12.0. The van der Waals surface area contributed by atoms with Crippen LogP contribution in [0.15, 0.2) is 29.3 Å². The van der Waals surface area contributed by atoms with Crippen LogP contribution in [0.25, 0.3) is 0 Å². The highest BCUT2D eigenvalue weighted by molar-refractivity contribution is 7.73. The van der Waals surface area contributed by atoms with E-state index in [2.05, 4.69) is 9.98 Å². The minimum atomic E-state index is 0.0855. The van der Waals surface area contributed by atoms with Crippen LogP contribution >= 0.6 is 35.2 Å². The van der Waals surface area contributed by atoms with E-state index in [-0.39, 0.29) is 5.88 Å². The van der Waals surface area contributed by atoms with Gasteiger partial charge in [0.2, 0.25) is 5.88 Å². The lowest BCUT2D eigenvalue weighted by Crippen LogP contribution is -1.93. The normalized spacial score (nSPS) is 11.8. The number of thiazole rings is 1. The van der Waals surface area contributed by atoms with Gasteiger partial charge in [0.15, 0.2) is 3.95 Å². The van der Waals surface area contributed by atoms with Crippen LogP contribution in [0.5, 0.6) is 5.88 Å². The molecular formula is C12H11ClN2OS2. The molecule has 0 spiro atoms. The topological polar surface area (TPSA) is 48.4 Å². The predicted molar refractivity (Wildman–Crippen MR) is 78.5 cm³/mol. The SMILES string of the molecule is CC(=NCc1ccc(Cl)cc1)c1sc(=S)[nH]c1O. The number of nitrogens with zero attached hydrogens (tertiary/aromatic N) is 1. The number of hydrogen-bond acceptors (Lipinski definition) is 4. The highest BCUT2D eigenvalue weighted by Crippen LogP contribution is 2.22. The molecule has 1 aromatic carbocycles. The third-order valence-corrected chi connectivity index (χ3v) is 3.96. The summed E-state index contributed by atoms with van der Waals surface area (Å²) in [7, 11) is 0. The number of hydrogen-bond donors (Lipinski definition) is 2. The molecule has 18 heavy (non-hydrogen) atoms. The molecule has 0 aliphatic rings. The molecule has 0 saturated heterocycles. The Morgan fingerprint density at radius 2 is 2.11 bits per heavy atom. The summed E-state index contributed by atoms with van der Waals surface area (Å²) < 4.78 is 0.545. The third-order valence-electron chi connectivity index (χ3n) is 2.37. The lowest BCUT2D eigenvalue weighted by Gasteiger charge is -1.99. The van der Waals surface area contributed by atoms with E-state index in [0.29, 0.717) is 20.4 Å². The highest BCUT2D eigenvalue weighted by atomic mass is 35.5. The van der Waals surface area contributed by atoms with Crippen LogP contribution in [0.3, 0.4) is 0 Å². The smallest absolute Gasteiger partial charge is 0.209 e. The molecule has 3 nitrogen and oxygen atoms in total. The number of halogens is 1. The minimum Gasteiger partial charge on any atom is -0.493 e. The Morgan fingerprint density at radius 1 is 1.44 bits per heavy atom. The van der Waals surface area contributed by atoms with E-state index >= 15 is 0 Å². The number of H-pyrrole nitrogens is 1. The summed E-state index contributed by atoms with van der Waals surface area (Å²) >= 11 is 12.1. The summed E-state index contributed by atoms with van der Waals surface area (Å²) in [5, 5.41) is 10.3. The van der Waals surface area contributed by atoms with E-state index < -0.39 is 0 Å². The van der Waals surface area contributed by atoms with Crippen molar-refractivity contribution in [3.8, 4) is 5.88 Å². The fourth-order valence-corrected chi connectivity index (χ4v) is 2.60. The first-order valence-corrected chi connectivity index (χ1v) is 6.84. The van der Waals surface area contributed by atoms with Crippen LogP contribution in [-0.4, -0.2) is 15.8 Å². The highest BCUT2D eigenvalue weighted by Gasteiger charge is 2.07. The third kappa shape index (κ3) is 3.19. The Labute approximate surface area is 119 Å². The van der Waals surface area contributed by atoms with E-state index in [1.807, 2.05) is 31.2 Å². The number of aromatic nitrogens is 1. The second-order valence-corrected chi connectivity index (χ2v) is 5.84. The lowest BCUT2D eigenvalue weighted by molar-refractivity contribution is 0.456. The maximum atomic E-state index is 9.63. The van der Waals surface area contributed by atoms with Gasteiger partial charge >= 0.3 is 0 Å². The van der Waals surface area contributed by atoms with Crippen LogP contribution in [0, 0.1) is 3.95 Å². The molecule has 1 aromatic heterocycles. The Bertz CT molecular complexity index is 628. The summed E-state index contributed by atoms with van der Waals surface area (Å²) in [6.07, 6.45) is 0. The molecule has 2 aromatic rings. The molecule has 0 unspecified atom stereocenters. The van der Waals surface area contributed by atoms with Gasteiger partial charge in [0, 0.05) is 5.02 Å². The van der Waals surface area contributed by atoms with E-state index in [1.165, 1.54) is 11.3 Å². The van der Waals surface area contributed by atoms with E-state index in [1.54, 1.807) is 0 Å². The van der Waals surface area contributed by atoms with Crippen LogP contribution in [0.2, 0.25) is 5.02 Å². The standard InChI is InChI=1S/C12H11ClN2OS2/c1-7(10-11(16)15-12(17)18-10)14-6-8-2-4-9(13)5-3-8/h2-5,16H,6H2,1H3,(H,15,17). The van der Waals surface area contributed by atoms with Crippen LogP contribution in [-0.2, 0) is 6.54 Å². The molecule has 94 valence electrons. The first kappa shape index (κ1) is 13.3. The van der Waals surface area contributed by atoms with Gasteiger partial charge in [0.1, 0.15) is 4.88 Å². The fourth-order valence-electron chi connectivity index (χ4n) is 1.44. The van der Waals surface area contributed by atoms with Crippen molar-refractivity contribution in [2.75, 3.05) is 0 Å². The minimum absolute atomic E-state index is 0.0855. The molecule has 1 heterocycles. The molecule has 6 heteroatoms. The molecule has 0 radical (unpaired) electrons. The van der Waals surface area contributed by atoms with Crippen molar-refractivity contribution in [1.29, 1.82) is 0 Å². The van der Waals surface area contributed by atoms with Crippen molar-refractivity contribution >= 4 is 40.9 Å².